The molecule has 0 unspecified atom stereocenters. The Morgan fingerprint density at radius 3 is 2.41 bits per heavy atom. The summed E-state index contributed by atoms with van der Waals surface area (Å²) in [5.41, 5.74) is 0.707. The Kier molecular flexibility index (Phi) is 6.69. The molecule has 1 aromatic carbocycles. The van der Waals surface area contributed by atoms with E-state index in [1.54, 1.807) is 0 Å². The highest BCUT2D eigenvalue weighted by atomic mass is 79.9. The normalized spacial score (nSPS) is 10.4. The zero-order valence-electron chi connectivity index (χ0n) is 9.23. The van der Waals surface area contributed by atoms with E-state index in [9.17, 15) is 4.79 Å². The van der Waals surface area contributed by atoms with Gasteiger partial charge in [0.05, 0.1) is 5.69 Å². The first-order chi connectivity index (χ1) is 8.04. The van der Waals surface area contributed by atoms with Crippen molar-refractivity contribution in [2.45, 2.75) is 13.3 Å². The Morgan fingerprint density at radius 2 is 1.88 bits per heavy atom. The van der Waals surface area contributed by atoms with Crippen LogP contribution in [0.25, 0.3) is 0 Å². The highest BCUT2D eigenvalue weighted by Gasteiger charge is 2.10. The topological polar surface area (TPSA) is 38.3 Å². The van der Waals surface area contributed by atoms with Crippen LogP contribution in [-0.2, 0) is 9.53 Å². The van der Waals surface area contributed by atoms with E-state index in [4.69, 9.17) is 4.74 Å². The molecule has 17 heavy (non-hydrogen) atoms. The van der Waals surface area contributed by atoms with Crippen LogP contribution in [0.3, 0.4) is 0 Å². The van der Waals surface area contributed by atoms with Gasteiger partial charge in [-0.05, 0) is 50.4 Å². The molecule has 0 saturated heterocycles. The van der Waals surface area contributed by atoms with Crippen molar-refractivity contribution < 1.29 is 9.53 Å². The van der Waals surface area contributed by atoms with E-state index < -0.39 is 0 Å². The molecule has 0 saturated carbocycles. The molecular weight excluding hydrogens is 418 g/mol. The molecule has 0 aromatic heterocycles. The molecule has 1 rings (SSSR count). The lowest BCUT2D eigenvalue weighted by atomic mass is 10.3. The number of benzene rings is 1. The molecule has 0 fully saturated rings. The Balaban J connectivity index is 2.65. The van der Waals surface area contributed by atoms with Crippen LogP contribution >= 0.6 is 47.8 Å². The Hall–Kier alpha value is 0.0900. The van der Waals surface area contributed by atoms with E-state index in [0.717, 1.165) is 19.8 Å². The van der Waals surface area contributed by atoms with Gasteiger partial charge in [0.2, 0.25) is 5.91 Å². The van der Waals surface area contributed by atoms with Gasteiger partial charge in [-0.25, -0.2) is 0 Å². The second kappa shape index (κ2) is 7.51. The van der Waals surface area contributed by atoms with E-state index in [-0.39, 0.29) is 12.5 Å². The van der Waals surface area contributed by atoms with E-state index >= 15 is 0 Å². The summed E-state index contributed by atoms with van der Waals surface area (Å²) in [6.07, 6.45) is 0.902. The van der Waals surface area contributed by atoms with Crippen LogP contribution in [0.4, 0.5) is 5.69 Å². The van der Waals surface area contributed by atoms with Gasteiger partial charge in [-0.2, -0.15) is 0 Å². The highest BCUT2D eigenvalue weighted by Crippen LogP contribution is 2.34. The van der Waals surface area contributed by atoms with Crippen LogP contribution in [0.1, 0.15) is 13.3 Å². The molecule has 1 N–H and O–H groups in total. The number of anilines is 1. The lowest BCUT2D eigenvalue weighted by Gasteiger charge is -2.10. The van der Waals surface area contributed by atoms with Crippen LogP contribution in [0, 0.1) is 0 Å². The molecule has 0 aliphatic heterocycles. The lowest BCUT2D eigenvalue weighted by molar-refractivity contribution is -0.120. The van der Waals surface area contributed by atoms with Gasteiger partial charge >= 0.3 is 0 Å². The predicted molar refractivity (Wildman–Crippen MR) is 79.3 cm³/mol. The fourth-order valence-electron chi connectivity index (χ4n) is 1.15. The summed E-state index contributed by atoms with van der Waals surface area (Å²) in [6, 6.07) is 3.74. The number of carbonyl (C=O) groups is 1. The molecule has 1 amide bonds. The van der Waals surface area contributed by atoms with Crippen molar-refractivity contribution in [1.29, 1.82) is 0 Å². The van der Waals surface area contributed by atoms with Crippen LogP contribution < -0.4 is 5.32 Å². The fourth-order valence-corrected chi connectivity index (χ4v) is 3.60. The van der Waals surface area contributed by atoms with E-state index in [1.807, 2.05) is 19.1 Å². The maximum atomic E-state index is 11.6. The number of nitrogens with one attached hydrogen (secondary N) is 1. The van der Waals surface area contributed by atoms with E-state index in [2.05, 4.69) is 53.1 Å². The van der Waals surface area contributed by atoms with Gasteiger partial charge in [-0.1, -0.05) is 22.9 Å². The van der Waals surface area contributed by atoms with Crippen molar-refractivity contribution in [2.75, 3.05) is 18.5 Å². The summed E-state index contributed by atoms with van der Waals surface area (Å²) in [5, 5.41) is 2.79. The summed E-state index contributed by atoms with van der Waals surface area (Å²) < 4.78 is 7.71. The SMILES string of the molecule is CCCOCC(=O)Nc1c(Br)cc(Br)cc1Br. The van der Waals surface area contributed by atoms with Crippen LogP contribution in [0.5, 0.6) is 0 Å². The average molecular weight is 430 g/mol. The maximum Gasteiger partial charge on any atom is 0.250 e. The first kappa shape index (κ1) is 15.1. The summed E-state index contributed by atoms with van der Waals surface area (Å²) in [6.45, 7) is 2.67. The van der Waals surface area contributed by atoms with Crippen molar-refractivity contribution in [3.05, 3.63) is 25.6 Å². The Labute approximate surface area is 126 Å². The van der Waals surface area contributed by atoms with Gasteiger partial charge in [0.1, 0.15) is 6.61 Å². The monoisotopic (exact) mass is 427 g/mol. The summed E-state index contributed by atoms with van der Waals surface area (Å²) in [5.74, 6) is -0.165. The standard InChI is InChI=1S/C11H12Br3NO2/c1-2-3-17-6-10(16)15-11-8(13)4-7(12)5-9(11)14/h4-5H,2-3,6H2,1H3,(H,15,16). The van der Waals surface area contributed by atoms with E-state index in [0.29, 0.717) is 12.3 Å². The highest BCUT2D eigenvalue weighted by molar-refractivity contribution is 9.11. The Morgan fingerprint density at radius 1 is 1.29 bits per heavy atom. The van der Waals surface area contributed by atoms with Crippen molar-refractivity contribution >= 4 is 59.4 Å². The van der Waals surface area contributed by atoms with Crippen molar-refractivity contribution in [1.82, 2.24) is 0 Å². The zero-order valence-corrected chi connectivity index (χ0v) is 14.0. The second-order valence-corrected chi connectivity index (χ2v) is 5.97. The average Bonchev–Trinajstić information content (AvgIpc) is 2.24. The van der Waals surface area contributed by atoms with Gasteiger partial charge in [0, 0.05) is 20.0 Å². The minimum Gasteiger partial charge on any atom is -0.372 e. The first-order valence-corrected chi connectivity index (χ1v) is 7.44. The lowest BCUT2D eigenvalue weighted by Crippen LogP contribution is -2.19. The van der Waals surface area contributed by atoms with Gasteiger partial charge in [0.25, 0.3) is 0 Å². The minimum atomic E-state index is -0.165. The fraction of sp³-hybridized carbons (Fsp3) is 0.364. The molecule has 0 heterocycles. The van der Waals surface area contributed by atoms with Crippen molar-refractivity contribution in [3.8, 4) is 0 Å². The molecule has 0 aliphatic carbocycles. The first-order valence-electron chi connectivity index (χ1n) is 5.06. The van der Waals surface area contributed by atoms with Gasteiger partial charge in [0.15, 0.2) is 0 Å². The molecule has 94 valence electrons. The molecule has 0 radical (unpaired) electrons. The number of rotatable bonds is 5. The smallest absolute Gasteiger partial charge is 0.250 e. The largest absolute Gasteiger partial charge is 0.372 e. The predicted octanol–water partition coefficient (Wildman–Crippen LogP) is 4.34. The third-order valence-corrected chi connectivity index (χ3v) is 3.56. The van der Waals surface area contributed by atoms with Crippen molar-refractivity contribution in [2.24, 2.45) is 0 Å². The summed E-state index contributed by atoms with van der Waals surface area (Å²) in [7, 11) is 0. The number of halogens is 3. The zero-order chi connectivity index (χ0) is 12.8. The van der Waals surface area contributed by atoms with Crippen LogP contribution in [-0.4, -0.2) is 19.1 Å². The molecule has 6 heteroatoms. The molecular formula is C11H12Br3NO2. The number of amides is 1. The molecule has 0 aliphatic rings. The third-order valence-electron chi connectivity index (χ3n) is 1.85. The number of carbonyl (C=O) groups excluding carboxylic acids is 1. The number of ether oxygens (including phenoxy) is 1. The quantitative estimate of drug-likeness (QED) is 0.707. The second-order valence-electron chi connectivity index (χ2n) is 3.35. The van der Waals surface area contributed by atoms with Crippen molar-refractivity contribution in [3.63, 3.8) is 0 Å². The molecule has 0 bridgehead atoms. The maximum absolute atomic E-state index is 11.6. The minimum absolute atomic E-state index is 0.0722. The number of hydrogen-bond donors (Lipinski definition) is 1. The van der Waals surface area contributed by atoms with Crippen LogP contribution in [0.15, 0.2) is 25.6 Å². The van der Waals surface area contributed by atoms with Crippen LogP contribution in [0.2, 0.25) is 0 Å². The summed E-state index contributed by atoms with van der Waals surface area (Å²) in [4.78, 5) is 11.6. The Bertz CT molecular complexity index is 387. The van der Waals surface area contributed by atoms with E-state index in [1.165, 1.54) is 0 Å². The van der Waals surface area contributed by atoms with Gasteiger partial charge in [-0.3, -0.25) is 4.79 Å². The molecule has 3 nitrogen and oxygen atoms in total. The van der Waals surface area contributed by atoms with Gasteiger partial charge < -0.3 is 10.1 Å². The number of hydrogen-bond acceptors (Lipinski definition) is 2. The summed E-state index contributed by atoms with van der Waals surface area (Å²) >= 11 is 10.2. The molecule has 1 aromatic rings. The van der Waals surface area contributed by atoms with Gasteiger partial charge in [-0.15, -0.1) is 0 Å². The molecule has 0 spiro atoms. The molecule has 0 atom stereocenters. The third kappa shape index (κ3) is 5.07.